The molecule has 1 heterocycles. The van der Waals surface area contributed by atoms with Gasteiger partial charge in [0.05, 0.1) is 12.2 Å². The van der Waals surface area contributed by atoms with Gasteiger partial charge in [-0.3, -0.25) is 10.1 Å². The molecule has 0 saturated heterocycles. The highest BCUT2D eigenvalue weighted by Gasteiger charge is 2.08. The Labute approximate surface area is 159 Å². The fraction of sp³-hybridized carbons (Fsp3) is 0.143. The summed E-state index contributed by atoms with van der Waals surface area (Å²) >= 11 is 0. The number of hydrogen-bond acceptors (Lipinski definition) is 5. The van der Waals surface area contributed by atoms with E-state index in [9.17, 15) is 0 Å². The van der Waals surface area contributed by atoms with Crippen molar-refractivity contribution in [2.24, 2.45) is 5.10 Å². The first kappa shape index (κ1) is 18.3. The fourth-order valence-corrected chi connectivity index (χ4v) is 2.75. The maximum Gasteiger partial charge on any atom is 0.0670 e. The number of benzene rings is 2. The molecule has 0 aliphatic carbocycles. The first-order chi connectivity index (χ1) is 13.3. The van der Waals surface area contributed by atoms with Crippen molar-refractivity contribution in [2.45, 2.75) is 6.92 Å². The van der Waals surface area contributed by atoms with Gasteiger partial charge in [0.2, 0.25) is 0 Å². The van der Waals surface area contributed by atoms with Crippen molar-refractivity contribution >= 4 is 23.3 Å². The van der Waals surface area contributed by atoms with Crippen molar-refractivity contribution in [1.29, 1.82) is 0 Å². The van der Waals surface area contributed by atoms with E-state index >= 15 is 0 Å². The van der Waals surface area contributed by atoms with Crippen LogP contribution in [0.3, 0.4) is 0 Å². The number of hydrogen-bond donors (Lipinski definition) is 3. The van der Waals surface area contributed by atoms with Gasteiger partial charge in [0.1, 0.15) is 0 Å². The quantitative estimate of drug-likeness (QED) is 0.383. The van der Waals surface area contributed by atoms with E-state index in [1.807, 2.05) is 43.3 Å². The van der Waals surface area contributed by atoms with Gasteiger partial charge in [-0.25, -0.2) is 0 Å². The fourth-order valence-electron chi connectivity index (χ4n) is 2.75. The second-order valence-corrected chi connectivity index (χ2v) is 5.87. The van der Waals surface area contributed by atoms with Gasteiger partial charge in [-0.15, -0.1) is 0 Å². The maximum absolute atomic E-state index is 4.24. The lowest BCUT2D eigenvalue weighted by atomic mass is 10.1. The Kier molecular flexibility index (Phi) is 6.25. The molecule has 3 N–H and O–H groups in total. The lowest BCUT2D eigenvalue weighted by Crippen LogP contribution is -2.19. The van der Waals surface area contributed by atoms with Crippen molar-refractivity contribution in [1.82, 2.24) is 15.2 Å². The third-order valence-electron chi connectivity index (χ3n) is 4.00. The summed E-state index contributed by atoms with van der Waals surface area (Å²) in [7, 11) is 0. The SMILES string of the molecule is C=CN(CCNc1cc(Nc2ccccc2)ccc1-c1ccn[nH]1)/N=C\C. The average molecular weight is 360 g/mol. The summed E-state index contributed by atoms with van der Waals surface area (Å²) in [5.74, 6) is 0. The molecule has 27 heavy (non-hydrogen) atoms. The van der Waals surface area contributed by atoms with E-state index < -0.39 is 0 Å². The summed E-state index contributed by atoms with van der Waals surface area (Å²) in [6.45, 7) is 7.11. The van der Waals surface area contributed by atoms with Gasteiger partial charge in [-0.2, -0.15) is 10.2 Å². The molecule has 3 rings (SSSR count). The largest absolute Gasteiger partial charge is 0.383 e. The number of nitrogens with zero attached hydrogens (tertiary/aromatic N) is 3. The van der Waals surface area contributed by atoms with Crippen LogP contribution < -0.4 is 10.6 Å². The van der Waals surface area contributed by atoms with Crippen molar-refractivity contribution in [3.63, 3.8) is 0 Å². The molecule has 0 saturated carbocycles. The van der Waals surface area contributed by atoms with Crippen molar-refractivity contribution < 1.29 is 0 Å². The highest BCUT2D eigenvalue weighted by molar-refractivity contribution is 5.80. The van der Waals surface area contributed by atoms with Crippen LogP contribution in [0.5, 0.6) is 0 Å². The molecule has 0 fully saturated rings. The Hall–Kier alpha value is -3.54. The molecule has 6 nitrogen and oxygen atoms in total. The third-order valence-corrected chi connectivity index (χ3v) is 4.00. The zero-order valence-electron chi connectivity index (χ0n) is 15.4. The predicted molar refractivity (Wildman–Crippen MR) is 113 cm³/mol. The monoisotopic (exact) mass is 360 g/mol. The molecule has 0 spiro atoms. The van der Waals surface area contributed by atoms with Gasteiger partial charge in [-0.05, 0) is 43.3 Å². The second-order valence-electron chi connectivity index (χ2n) is 5.87. The Balaban J connectivity index is 1.79. The summed E-state index contributed by atoms with van der Waals surface area (Å²) in [6.07, 6.45) is 5.22. The number of aromatic amines is 1. The smallest absolute Gasteiger partial charge is 0.0670 e. The van der Waals surface area contributed by atoms with Crippen LogP contribution in [-0.4, -0.2) is 34.5 Å². The molecule has 138 valence electrons. The van der Waals surface area contributed by atoms with E-state index in [4.69, 9.17) is 0 Å². The summed E-state index contributed by atoms with van der Waals surface area (Å²) in [5.41, 5.74) is 5.11. The molecule has 0 aliphatic heterocycles. The molecule has 2 aromatic carbocycles. The van der Waals surface area contributed by atoms with E-state index in [1.54, 1.807) is 23.6 Å². The van der Waals surface area contributed by atoms with Gasteiger partial charge in [0.15, 0.2) is 0 Å². The number of anilines is 3. The zero-order chi connectivity index (χ0) is 18.9. The number of hydrazone groups is 1. The van der Waals surface area contributed by atoms with E-state index in [1.165, 1.54) is 0 Å². The molecule has 0 amide bonds. The van der Waals surface area contributed by atoms with Crippen LogP contribution in [-0.2, 0) is 0 Å². The zero-order valence-corrected chi connectivity index (χ0v) is 15.4. The Morgan fingerprint density at radius 3 is 2.70 bits per heavy atom. The molecule has 0 atom stereocenters. The van der Waals surface area contributed by atoms with E-state index in [0.29, 0.717) is 6.54 Å². The molecule has 0 unspecified atom stereocenters. The summed E-state index contributed by atoms with van der Waals surface area (Å²) in [6, 6.07) is 18.3. The summed E-state index contributed by atoms with van der Waals surface area (Å²) in [5, 5.41) is 20.1. The number of aromatic nitrogens is 2. The molecular formula is C21H24N6. The number of nitrogens with one attached hydrogen (secondary N) is 3. The van der Waals surface area contributed by atoms with Gasteiger partial charge in [-0.1, -0.05) is 24.8 Å². The summed E-state index contributed by atoms with van der Waals surface area (Å²) in [4.78, 5) is 0. The summed E-state index contributed by atoms with van der Waals surface area (Å²) < 4.78 is 0. The minimum atomic E-state index is 0.715. The molecule has 6 heteroatoms. The number of H-pyrrole nitrogens is 1. The Bertz CT molecular complexity index is 871. The average Bonchev–Trinajstić information content (AvgIpc) is 3.23. The number of para-hydroxylation sites is 1. The highest BCUT2D eigenvalue weighted by atomic mass is 15.4. The molecule has 3 aromatic rings. The minimum Gasteiger partial charge on any atom is -0.383 e. The van der Waals surface area contributed by atoms with Crippen molar-refractivity contribution in [3.05, 3.63) is 73.6 Å². The highest BCUT2D eigenvalue weighted by Crippen LogP contribution is 2.30. The van der Waals surface area contributed by atoms with Crippen molar-refractivity contribution in [2.75, 3.05) is 23.7 Å². The molecule has 0 radical (unpaired) electrons. The third kappa shape index (κ3) is 4.98. The van der Waals surface area contributed by atoms with Gasteiger partial charge in [0, 0.05) is 47.8 Å². The molecule has 0 aliphatic rings. The van der Waals surface area contributed by atoms with Gasteiger partial charge in [0.25, 0.3) is 0 Å². The van der Waals surface area contributed by atoms with Crippen LogP contribution in [0.15, 0.2) is 78.7 Å². The van der Waals surface area contributed by atoms with Crippen molar-refractivity contribution in [3.8, 4) is 11.3 Å². The topological polar surface area (TPSA) is 68.3 Å². The maximum atomic E-state index is 4.24. The second kappa shape index (κ2) is 9.24. The van der Waals surface area contributed by atoms with E-state index in [0.717, 1.165) is 34.9 Å². The molecule has 0 bridgehead atoms. The lowest BCUT2D eigenvalue weighted by molar-refractivity contribution is 0.417. The van der Waals surface area contributed by atoms with E-state index in [-0.39, 0.29) is 0 Å². The normalized spacial score (nSPS) is 10.7. The van der Waals surface area contributed by atoms with E-state index in [2.05, 4.69) is 50.7 Å². The van der Waals surface area contributed by atoms with Gasteiger partial charge < -0.3 is 10.6 Å². The first-order valence-electron chi connectivity index (χ1n) is 8.87. The standard InChI is InChI=1S/C21H24N6/c1-3-24-27(4-2)15-14-22-21-16-18(25-17-8-6-5-7-9-17)10-11-19(21)20-12-13-23-26-20/h3-13,16,22,25H,2,14-15H2,1H3,(H,23,26)/b24-3-. The Morgan fingerprint density at radius 1 is 1.15 bits per heavy atom. The van der Waals surface area contributed by atoms with Crippen LogP contribution in [0, 0.1) is 0 Å². The molecule has 1 aromatic heterocycles. The van der Waals surface area contributed by atoms with Crippen LogP contribution >= 0.6 is 0 Å². The predicted octanol–water partition coefficient (Wildman–Crippen LogP) is 4.68. The van der Waals surface area contributed by atoms with Gasteiger partial charge >= 0.3 is 0 Å². The van der Waals surface area contributed by atoms with Crippen LogP contribution in [0.2, 0.25) is 0 Å². The Morgan fingerprint density at radius 2 is 2.00 bits per heavy atom. The number of rotatable bonds is 9. The van der Waals surface area contributed by atoms with Crippen LogP contribution in [0.25, 0.3) is 11.3 Å². The van der Waals surface area contributed by atoms with Crippen LogP contribution in [0.4, 0.5) is 17.1 Å². The van der Waals surface area contributed by atoms with Crippen LogP contribution in [0.1, 0.15) is 6.92 Å². The molecular weight excluding hydrogens is 336 g/mol. The minimum absolute atomic E-state index is 0.715. The first-order valence-corrected chi connectivity index (χ1v) is 8.87. The lowest BCUT2D eigenvalue weighted by Gasteiger charge is -2.17.